The van der Waals surface area contributed by atoms with Crippen LogP contribution in [-0.4, -0.2) is 27.4 Å². The predicted octanol–water partition coefficient (Wildman–Crippen LogP) is 1.58. The molecule has 0 spiro atoms. The van der Waals surface area contributed by atoms with E-state index in [1.165, 1.54) is 12.8 Å². The molecular formula is C12H14N4O. The van der Waals surface area contributed by atoms with Gasteiger partial charge in [-0.3, -0.25) is 4.79 Å². The van der Waals surface area contributed by atoms with Gasteiger partial charge in [-0.2, -0.15) is 0 Å². The van der Waals surface area contributed by atoms with E-state index in [9.17, 15) is 4.79 Å². The van der Waals surface area contributed by atoms with Crippen LogP contribution in [0.15, 0.2) is 12.4 Å². The van der Waals surface area contributed by atoms with Gasteiger partial charge in [0.2, 0.25) is 0 Å². The minimum Gasteiger partial charge on any atom is -0.352 e. The SMILES string of the molecule is CCNC(=O)c1c[nH]c2ncc(C3CC3)nc12. The smallest absolute Gasteiger partial charge is 0.255 e. The Balaban J connectivity index is 2.05. The molecule has 1 aliphatic carbocycles. The van der Waals surface area contributed by atoms with Crippen LogP contribution in [0.3, 0.4) is 0 Å². The third-order valence-electron chi connectivity index (χ3n) is 2.98. The molecular weight excluding hydrogens is 216 g/mol. The number of hydrogen-bond acceptors (Lipinski definition) is 3. The van der Waals surface area contributed by atoms with Crippen molar-refractivity contribution in [2.24, 2.45) is 0 Å². The molecule has 1 saturated carbocycles. The lowest BCUT2D eigenvalue weighted by Gasteiger charge is -2.00. The molecule has 5 heteroatoms. The molecule has 0 unspecified atom stereocenters. The summed E-state index contributed by atoms with van der Waals surface area (Å²) in [6.45, 7) is 2.51. The average Bonchev–Trinajstić information content (AvgIpc) is 3.09. The second kappa shape index (κ2) is 3.84. The highest BCUT2D eigenvalue weighted by molar-refractivity contribution is 6.04. The molecule has 5 nitrogen and oxygen atoms in total. The molecule has 0 saturated heterocycles. The van der Waals surface area contributed by atoms with E-state index in [0.717, 1.165) is 5.69 Å². The highest BCUT2D eigenvalue weighted by atomic mass is 16.1. The maximum Gasteiger partial charge on any atom is 0.255 e. The summed E-state index contributed by atoms with van der Waals surface area (Å²) in [6, 6.07) is 0. The van der Waals surface area contributed by atoms with Crippen LogP contribution in [0.5, 0.6) is 0 Å². The number of aromatic amines is 1. The van der Waals surface area contributed by atoms with Crippen molar-refractivity contribution < 1.29 is 4.79 Å². The zero-order valence-electron chi connectivity index (χ0n) is 9.66. The summed E-state index contributed by atoms with van der Waals surface area (Å²) in [5, 5.41) is 2.78. The van der Waals surface area contributed by atoms with Crippen molar-refractivity contribution in [1.29, 1.82) is 0 Å². The lowest BCUT2D eigenvalue weighted by Crippen LogP contribution is -2.22. The number of hydrogen-bond donors (Lipinski definition) is 2. The lowest BCUT2D eigenvalue weighted by atomic mass is 10.2. The second-order valence-corrected chi connectivity index (χ2v) is 4.33. The third kappa shape index (κ3) is 1.77. The number of fused-ring (bicyclic) bond motifs is 1. The largest absolute Gasteiger partial charge is 0.352 e. The Labute approximate surface area is 98.7 Å². The molecule has 1 aliphatic rings. The predicted molar refractivity (Wildman–Crippen MR) is 63.9 cm³/mol. The second-order valence-electron chi connectivity index (χ2n) is 4.33. The van der Waals surface area contributed by atoms with Crippen molar-refractivity contribution in [3.8, 4) is 0 Å². The van der Waals surface area contributed by atoms with Crippen LogP contribution < -0.4 is 5.32 Å². The van der Waals surface area contributed by atoms with E-state index in [1.807, 2.05) is 6.92 Å². The summed E-state index contributed by atoms with van der Waals surface area (Å²) in [7, 11) is 0. The van der Waals surface area contributed by atoms with E-state index >= 15 is 0 Å². The van der Waals surface area contributed by atoms with Gasteiger partial charge in [-0.05, 0) is 19.8 Å². The molecule has 0 radical (unpaired) electrons. The molecule has 0 aliphatic heterocycles. The van der Waals surface area contributed by atoms with E-state index in [4.69, 9.17) is 0 Å². The van der Waals surface area contributed by atoms with Crippen LogP contribution in [0.25, 0.3) is 11.2 Å². The van der Waals surface area contributed by atoms with E-state index in [-0.39, 0.29) is 5.91 Å². The third-order valence-corrected chi connectivity index (χ3v) is 2.98. The molecule has 0 aromatic carbocycles. The first-order valence-corrected chi connectivity index (χ1v) is 5.92. The summed E-state index contributed by atoms with van der Waals surface area (Å²) in [6.07, 6.45) is 5.84. The minimum atomic E-state index is -0.0963. The molecule has 3 rings (SSSR count). The Morgan fingerprint density at radius 1 is 1.59 bits per heavy atom. The fraction of sp³-hybridized carbons (Fsp3) is 0.417. The van der Waals surface area contributed by atoms with Gasteiger partial charge >= 0.3 is 0 Å². The summed E-state index contributed by atoms with van der Waals surface area (Å²) in [5.74, 6) is 0.449. The van der Waals surface area contributed by atoms with E-state index in [0.29, 0.717) is 29.2 Å². The number of amides is 1. The molecule has 1 fully saturated rings. The number of carbonyl (C=O) groups is 1. The van der Waals surface area contributed by atoms with Crippen molar-refractivity contribution in [1.82, 2.24) is 20.3 Å². The first-order valence-electron chi connectivity index (χ1n) is 5.92. The molecule has 1 amide bonds. The lowest BCUT2D eigenvalue weighted by molar-refractivity contribution is 0.0957. The number of nitrogens with zero attached hydrogens (tertiary/aromatic N) is 2. The maximum absolute atomic E-state index is 11.8. The Morgan fingerprint density at radius 2 is 2.41 bits per heavy atom. The number of H-pyrrole nitrogens is 1. The number of carbonyl (C=O) groups excluding carboxylic acids is 1. The zero-order chi connectivity index (χ0) is 11.8. The standard InChI is InChI=1S/C12H14N4O/c1-2-13-12(17)8-5-14-11-10(8)16-9(6-15-11)7-3-4-7/h5-7H,2-4H2,1H3,(H,13,17)(H,14,15). The van der Waals surface area contributed by atoms with Crippen LogP contribution >= 0.6 is 0 Å². The van der Waals surface area contributed by atoms with E-state index < -0.39 is 0 Å². The first-order chi connectivity index (χ1) is 8.29. The van der Waals surface area contributed by atoms with Gasteiger partial charge in [0.15, 0.2) is 5.65 Å². The van der Waals surface area contributed by atoms with Crippen LogP contribution in [0, 0.1) is 0 Å². The molecule has 17 heavy (non-hydrogen) atoms. The summed E-state index contributed by atoms with van der Waals surface area (Å²) in [4.78, 5) is 23.7. The van der Waals surface area contributed by atoms with Crippen molar-refractivity contribution >= 4 is 17.1 Å². The van der Waals surface area contributed by atoms with Crippen molar-refractivity contribution in [2.45, 2.75) is 25.7 Å². The fourth-order valence-electron chi connectivity index (χ4n) is 1.91. The summed E-state index contributed by atoms with van der Waals surface area (Å²) in [5.41, 5.74) is 2.94. The molecule has 0 atom stereocenters. The molecule has 2 heterocycles. The number of nitrogens with one attached hydrogen (secondary N) is 2. The van der Waals surface area contributed by atoms with Gasteiger partial charge in [0.25, 0.3) is 5.91 Å². The highest BCUT2D eigenvalue weighted by Crippen LogP contribution is 2.39. The van der Waals surface area contributed by atoms with Gasteiger partial charge in [-0.1, -0.05) is 0 Å². The van der Waals surface area contributed by atoms with Gasteiger partial charge in [-0.25, -0.2) is 9.97 Å². The molecule has 88 valence electrons. The molecule has 0 bridgehead atoms. The van der Waals surface area contributed by atoms with Crippen molar-refractivity contribution in [3.63, 3.8) is 0 Å². The summed E-state index contributed by atoms with van der Waals surface area (Å²) >= 11 is 0. The Kier molecular flexibility index (Phi) is 2.31. The van der Waals surface area contributed by atoms with Gasteiger partial charge in [0.1, 0.15) is 5.52 Å². The minimum absolute atomic E-state index is 0.0963. The zero-order valence-corrected chi connectivity index (χ0v) is 9.66. The van der Waals surface area contributed by atoms with Crippen LogP contribution in [0.2, 0.25) is 0 Å². The van der Waals surface area contributed by atoms with Crippen LogP contribution in [-0.2, 0) is 0 Å². The Morgan fingerprint density at radius 3 is 3.12 bits per heavy atom. The van der Waals surface area contributed by atoms with Gasteiger partial charge in [0.05, 0.1) is 17.5 Å². The average molecular weight is 230 g/mol. The molecule has 2 aromatic heterocycles. The topological polar surface area (TPSA) is 70.7 Å². The quantitative estimate of drug-likeness (QED) is 0.841. The van der Waals surface area contributed by atoms with Gasteiger partial charge < -0.3 is 10.3 Å². The normalized spacial score (nSPS) is 15.1. The van der Waals surface area contributed by atoms with E-state index in [2.05, 4.69) is 20.3 Å². The van der Waals surface area contributed by atoms with E-state index in [1.54, 1.807) is 12.4 Å². The maximum atomic E-state index is 11.8. The molecule has 2 aromatic rings. The summed E-state index contributed by atoms with van der Waals surface area (Å²) < 4.78 is 0. The van der Waals surface area contributed by atoms with Crippen LogP contribution in [0.1, 0.15) is 41.7 Å². The monoisotopic (exact) mass is 230 g/mol. The molecule has 2 N–H and O–H groups in total. The Hall–Kier alpha value is -1.91. The van der Waals surface area contributed by atoms with Gasteiger partial charge in [-0.15, -0.1) is 0 Å². The fourth-order valence-corrected chi connectivity index (χ4v) is 1.91. The van der Waals surface area contributed by atoms with Crippen molar-refractivity contribution in [2.75, 3.05) is 6.54 Å². The van der Waals surface area contributed by atoms with Crippen LogP contribution in [0.4, 0.5) is 0 Å². The first kappa shape index (κ1) is 10.3. The number of rotatable bonds is 3. The highest BCUT2D eigenvalue weighted by Gasteiger charge is 2.26. The number of aromatic nitrogens is 3. The Bertz CT molecular complexity index is 571. The van der Waals surface area contributed by atoms with Gasteiger partial charge in [0, 0.05) is 18.7 Å². The van der Waals surface area contributed by atoms with Crippen molar-refractivity contribution in [3.05, 3.63) is 23.7 Å².